The third-order valence-corrected chi connectivity index (χ3v) is 4.33. The molecule has 0 saturated carbocycles. The molecule has 0 aliphatic carbocycles. The zero-order valence-electron chi connectivity index (χ0n) is 10.6. The third-order valence-electron chi connectivity index (χ3n) is 2.21. The van der Waals surface area contributed by atoms with Crippen molar-refractivity contribution in [1.82, 2.24) is 5.32 Å². The molecule has 106 valence electrons. The van der Waals surface area contributed by atoms with Crippen molar-refractivity contribution >= 4 is 29.4 Å². The van der Waals surface area contributed by atoms with Crippen molar-refractivity contribution < 1.29 is 14.3 Å². The van der Waals surface area contributed by atoms with E-state index in [4.69, 9.17) is 5.11 Å². The standard InChI is InChI=1S/C13H18FNO2S2/c14-11-4-1-2-5-12(11)19-10-13(17)15-6-9-18-8-3-7-16/h1-2,4-5,16H,3,6-10H2,(H,15,17). The number of carbonyl (C=O) groups is 1. The quantitative estimate of drug-likeness (QED) is 0.542. The highest BCUT2D eigenvalue weighted by molar-refractivity contribution is 8.00. The minimum atomic E-state index is -0.292. The number of benzene rings is 1. The predicted octanol–water partition coefficient (Wildman–Crippen LogP) is 2.15. The normalized spacial score (nSPS) is 10.4. The van der Waals surface area contributed by atoms with Gasteiger partial charge in [-0.05, 0) is 24.3 Å². The Balaban J connectivity index is 2.10. The van der Waals surface area contributed by atoms with Gasteiger partial charge in [0.2, 0.25) is 5.91 Å². The van der Waals surface area contributed by atoms with Gasteiger partial charge in [-0.3, -0.25) is 4.79 Å². The summed E-state index contributed by atoms with van der Waals surface area (Å²) in [4.78, 5) is 12.0. The number of carbonyl (C=O) groups excluding carboxylic acids is 1. The molecule has 0 aliphatic heterocycles. The lowest BCUT2D eigenvalue weighted by Gasteiger charge is -2.05. The summed E-state index contributed by atoms with van der Waals surface area (Å²) in [6.07, 6.45) is 0.780. The number of aliphatic hydroxyl groups is 1. The third kappa shape index (κ3) is 7.44. The lowest BCUT2D eigenvalue weighted by molar-refractivity contribution is -0.118. The second kappa shape index (κ2) is 10.1. The first-order chi connectivity index (χ1) is 9.24. The van der Waals surface area contributed by atoms with Gasteiger partial charge in [0.15, 0.2) is 0 Å². The Labute approximate surface area is 121 Å². The van der Waals surface area contributed by atoms with Crippen LogP contribution < -0.4 is 5.32 Å². The van der Waals surface area contributed by atoms with Gasteiger partial charge in [0, 0.05) is 23.8 Å². The number of nitrogens with one attached hydrogen (secondary N) is 1. The second-order valence-corrected chi connectivity index (χ2v) is 6.00. The zero-order chi connectivity index (χ0) is 13.9. The molecule has 6 heteroatoms. The summed E-state index contributed by atoms with van der Waals surface area (Å²) in [5, 5.41) is 11.4. The van der Waals surface area contributed by atoms with Crippen LogP contribution in [0.15, 0.2) is 29.2 Å². The molecule has 1 amide bonds. The van der Waals surface area contributed by atoms with Gasteiger partial charge < -0.3 is 10.4 Å². The Morgan fingerprint density at radius 2 is 2.11 bits per heavy atom. The summed E-state index contributed by atoms with van der Waals surface area (Å²) >= 11 is 2.90. The predicted molar refractivity (Wildman–Crippen MR) is 79.2 cm³/mol. The molecule has 0 unspecified atom stereocenters. The minimum Gasteiger partial charge on any atom is -0.396 e. The molecule has 0 spiro atoms. The number of thioether (sulfide) groups is 2. The van der Waals surface area contributed by atoms with E-state index in [2.05, 4.69) is 5.32 Å². The molecule has 0 atom stereocenters. The maximum Gasteiger partial charge on any atom is 0.230 e. The Kier molecular flexibility index (Phi) is 8.69. The van der Waals surface area contributed by atoms with Crippen LogP contribution in [0.25, 0.3) is 0 Å². The maximum absolute atomic E-state index is 13.3. The van der Waals surface area contributed by atoms with Crippen LogP contribution >= 0.6 is 23.5 Å². The summed E-state index contributed by atoms with van der Waals surface area (Å²) in [6.45, 7) is 0.811. The fraction of sp³-hybridized carbons (Fsp3) is 0.462. The number of aliphatic hydroxyl groups excluding tert-OH is 1. The highest BCUT2D eigenvalue weighted by Crippen LogP contribution is 2.20. The van der Waals surface area contributed by atoms with Gasteiger partial charge in [0.05, 0.1) is 5.75 Å². The molecule has 1 rings (SSSR count). The van der Waals surface area contributed by atoms with E-state index >= 15 is 0 Å². The summed E-state index contributed by atoms with van der Waals surface area (Å²) < 4.78 is 13.3. The van der Waals surface area contributed by atoms with E-state index in [0.29, 0.717) is 11.4 Å². The molecular formula is C13H18FNO2S2. The van der Waals surface area contributed by atoms with Gasteiger partial charge in [-0.25, -0.2) is 4.39 Å². The van der Waals surface area contributed by atoms with E-state index < -0.39 is 0 Å². The zero-order valence-corrected chi connectivity index (χ0v) is 12.2. The average Bonchev–Trinajstić information content (AvgIpc) is 2.42. The van der Waals surface area contributed by atoms with Gasteiger partial charge in [0.25, 0.3) is 0 Å². The van der Waals surface area contributed by atoms with E-state index in [1.807, 2.05) is 0 Å². The van der Waals surface area contributed by atoms with Crippen molar-refractivity contribution in [3.8, 4) is 0 Å². The molecule has 1 aromatic rings. The van der Waals surface area contributed by atoms with Crippen molar-refractivity contribution in [2.75, 3.05) is 30.4 Å². The van der Waals surface area contributed by atoms with Crippen molar-refractivity contribution in [2.24, 2.45) is 0 Å². The second-order valence-electron chi connectivity index (χ2n) is 3.76. The fourth-order valence-corrected chi connectivity index (χ4v) is 2.84. The molecule has 0 fully saturated rings. The summed E-state index contributed by atoms with van der Waals surface area (Å²) in [6, 6.07) is 6.43. The van der Waals surface area contributed by atoms with Crippen molar-refractivity contribution in [2.45, 2.75) is 11.3 Å². The summed E-state index contributed by atoms with van der Waals surface area (Å²) in [5.41, 5.74) is 0. The first kappa shape index (κ1) is 16.3. The smallest absolute Gasteiger partial charge is 0.230 e. The highest BCUT2D eigenvalue weighted by Gasteiger charge is 2.05. The van der Waals surface area contributed by atoms with Crippen LogP contribution in [0.1, 0.15) is 6.42 Å². The van der Waals surface area contributed by atoms with Crippen molar-refractivity contribution in [1.29, 1.82) is 0 Å². The maximum atomic E-state index is 13.3. The van der Waals surface area contributed by atoms with Gasteiger partial charge in [-0.2, -0.15) is 11.8 Å². The SMILES string of the molecule is O=C(CSc1ccccc1F)NCCSCCCO. The Morgan fingerprint density at radius 1 is 1.32 bits per heavy atom. The molecule has 3 nitrogen and oxygen atoms in total. The Hall–Kier alpha value is -0.720. The molecule has 0 radical (unpaired) electrons. The molecule has 0 aromatic heterocycles. The van der Waals surface area contributed by atoms with Gasteiger partial charge in [-0.15, -0.1) is 11.8 Å². The molecule has 2 N–H and O–H groups in total. The van der Waals surface area contributed by atoms with E-state index in [0.717, 1.165) is 17.9 Å². The Bertz CT molecular complexity index is 391. The van der Waals surface area contributed by atoms with Crippen LogP contribution in [0.4, 0.5) is 4.39 Å². The van der Waals surface area contributed by atoms with Crippen LogP contribution in [0.5, 0.6) is 0 Å². The van der Waals surface area contributed by atoms with Gasteiger partial charge in [0.1, 0.15) is 5.82 Å². The van der Waals surface area contributed by atoms with Gasteiger partial charge in [-0.1, -0.05) is 12.1 Å². The van der Waals surface area contributed by atoms with Crippen molar-refractivity contribution in [3.05, 3.63) is 30.1 Å². The summed E-state index contributed by atoms with van der Waals surface area (Å²) in [5.74, 6) is 1.57. The number of hydrogen-bond acceptors (Lipinski definition) is 4. The van der Waals surface area contributed by atoms with Crippen LogP contribution in [-0.4, -0.2) is 41.4 Å². The van der Waals surface area contributed by atoms with Crippen molar-refractivity contribution in [3.63, 3.8) is 0 Å². The molecule has 0 heterocycles. The summed E-state index contributed by atoms with van der Waals surface area (Å²) in [7, 11) is 0. The molecule has 0 bridgehead atoms. The largest absolute Gasteiger partial charge is 0.396 e. The van der Waals surface area contributed by atoms with Crippen LogP contribution in [-0.2, 0) is 4.79 Å². The topological polar surface area (TPSA) is 49.3 Å². The first-order valence-electron chi connectivity index (χ1n) is 6.06. The van der Waals surface area contributed by atoms with Crippen LogP contribution in [0.2, 0.25) is 0 Å². The number of rotatable bonds is 9. The number of hydrogen-bond donors (Lipinski definition) is 2. The van der Waals surface area contributed by atoms with E-state index in [-0.39, 0.29) is 24.1 Å². The average molecular weight is 303 g/mol. The molecule has 19 heavy (non-hydrogen) atoms. The highest BCUT2D eigenvalue weighted by atomic mass is 32.2. The fourth-order valence-electron chi connectivity index (χ4n) is 1.29. The first-order valence-corrected chi connectivity index (χ1v) is 8.20. The monoisotopic (exact) mass is 303 g/mol. The van der Waals surface area contributed by atoms with E-state index in [9.17, 15) is 9.18 Å². The lowest BCUT2D eigenvalue weighted by atomic mass is 10.3. The molecular weight excluding hydrogens is 285 g/mol. The Morgan fingerprint density at radius 3 is 2.84 bits per heavy atom. The lowest BCUT2D eigenvalue weighted by Crippen LogP contribution is -2.27. The van der Waals surface area contributed by atoms with Crippen LogP contribution in [0, 0.1) is 5.82 Å². The van der Waals surface area contributed by atoms with E-state index in [1.165, 1.54) is 17.8 Å². The molecule has 0 aliphatic rings. The van der Waals surface area contributed by atoms with Gasteiger partial charge >= 0.3 is 0 Å². The number of amides is 1. The minimum absolute atomic E-state index is 0.0870. The molecule has 0 saturated heterocycles. The van der Waals surface area contributed by atoms with Crippen LogP contribution in [0.3, 0.4) is 0 Å². The van der Waals surface area contributed by atoms with E-state index in [1.54, 1.807) is 30.0 Å². The molecule has 1 aromatic carbocycles. The number of halogens is 1.